The smallest absolute Gasteiger partial charge is 0.254 e. The number of nitrogens with two attached hydrogens (primary N) is 1. The van der Waals surface area contributed by atoms with Gasteiger partial charge in [0.15, 0.2) is 0 Å². The van der Waals surface area contributed by atoms with E-state index >= 15 is 0 Å². The van der Waals surface area contributed by atoms with E-state index in [1.54, 1.807) is 0 Å². The van der Waals surface area contributed by atoms with Gasteiger partial charge in [-0.2, -0.15) is 0 Å². The summed E-state index contributed by atoms with van der Waals surface area (Å²) in [5, 5.41) is 0. The van der Waals surface area contributed by atoms with Crippen LogP contribution in [0.15, 0.2) is 84.9 Å². The summed E-state index contributed by atoms with van der Waals surface area (Å²) in [5.41, 5.74) is 9.90. The Bertz CT molecular complexity index is 1020. The first kappa shape index (κ1) is 22.1. The molecule has 1 aliphatic heterocycles. The lowest BCUT2D eigenvalue weighted by Crippen LogP contribution is -2.53. The summed E-state index contributed by atoms with van der Waals surface area (Å²) in [6, 6.07) is 28.9. The molecule has 0 bridgehead atoms. The van der Waals surface area contributed by atoms with E-state index < -0.39 is 0 Å². The Hall–Kier alpha value is -3.15. The molecule has 3 aromatic carbocycles. The zero-order valence-corrected chi connectivity index (χ0v) is 18.9. The van der Waals surface area contributed by atoms with Crippen LogP contribution in [-0.4, -0.2) is 57.1 Å². The Morgan fingerprint density at radius 2 is 1.44 bits per heavy atom. The van der Waals surface area contributed by atoms with Gasteiger partial charge in [-0.25, -0.2) is 0 Å². The topological polar surface area (TPSA) is 49.6 Å². The number of carbonyl (C=O) groups excluding carboxylic acids is 1. The van der Waals surface area contributed by atoms with Crippen LogP contribution < -0.4 is 15.1 Å². The van der Waals surface area contributed by atoms with Crippen molar-refractivity contribution in [2.45, 2.75) is 6.54 Å². The number of nitrogens with zero attached hydrogens (tertiary/aromatic N) is 3. The minimum Gasteiger partial charge on any atom is -0.369 e. The highest BCUT2D eigenvalue weighted by Crippen LogP contribution is 2.28. The molecule has 1 atom stereocenters. The van der Waals surface area contributed by atoms with Crippen LogP contribution in [0.3, 0.4) is 0 Å². The van der Waals surface area contributed by atoms with Gasteiger partial charge >= 0.3 is 0 Å². The van der Waals surface area contributed by atoms with Crippen molar-refractivity contribution < 1.29 is 4.79 Å². The molecule has 0 aromatic heterocycles. The molecule has 32 heavy (non-hydrogen) atoms. The van der Waals surface area contributed by atoms with E-state index in [0.29, 0.717) is 10.0 Å². The van der Waals surface area contributed by atoms with E-state index in [4.69, 9.17) is 5.73 Å². The maximum Gasteiger partial charge on any atom is 0.254 e. The lowest BCUT2D eigenvalue weighted by Gasteiger charge is -2.40. The van der Waals surface area contributed by atoms with Crippen LogP contribution in [0.5, 0.6) is 0 Å². The molecule has 1 fully saturated rings. The number of carbonyl (C=O) groups is 1. The monoisotopic (exact) mass is 429 g/mol. The second-order valence-corrected chi connectivity index (χ2v) is 8.81. The van der Waals surface area contributed by atoms with Crippen LogP contribution >= 0.6 is 0 Å². The van der Waals surface area contributed by atoms with Crippen molar-refractivity contribution in [3.05, 3.63) is 96.1 Å². The Balaban J connectivity index is 1.49. The molecule has 0 radical (unpaired) electrons. The SMILES string of the molecule is C[N+](CCN1CCN(c2ccccc2)CC1)(Cc1ccccc1)c1ccccc1C(N)=O. The molecule has 1 unspecified atom stereocenters. The van der Waals surface area contributed by atoms with Crippen molar-refractivity contribution >= 4 is 17.3 Å². The second-order valence-electron chi connectivity index (χ2n) is 8.81. The van der Waals surface area contributed by atoms with Crippen LogP contribution in [0.2, 0.25) is 0 Å². The minimum absolute atomic E-state index is 0.366. The third kappa shape index (κ3) is 5.18. The first-order valence-corrected chi connectivity index (χ1v) is 11.4. The molecular formula is C27H33N4O+. The summed E-state index contributed by atoms with van der Waals surface area (Å²) in [4.78, 5) is 17.2. The molecule has 5 heteroatoms. The normalized spacial score (nSPS) is 16.5. The number of quaternary nitrogens is 1. The Labute approximate surface area is 191 Å². The Morgan fingerprint density at radius 3 is 2.09 bits per heavy atom. The van der Waals surface area contributed by atoms with Gasteiger partial charge in [-0.3, -0.25) is 14.2 Å². The van der Waals surface area contributed by atoms with Gasteiger partial charge in [0.05, 0.1) is 19.2 Å². The van der Waals surface area contributed by atoms with Crippen molar-refractivity contribution in [3.8, 4) is 0 Å². The molecule has 3 aromatic rings. The molecule has 1 amide bonds. The summed E-state index contributed by atoms with van der Waals surface area (Å²) in [7, 11) is 2.22. The number of hydrogen-bond acceptors (Lipinski definition) is 3. The third-order valence-electron chi connectivity index (χ3n) is 6.53. The summed E-state index contributed by atoms with van der Waals surface area (Å²) in [6.45, 7) is 6.84. The van der Waals surface area contributed by atoms with Crippen molar-refractivity contribution in [3.63, 3.8) is 0 Å². The summed E-state index contributed by atoms with van der Waals surface area (Å²) >= 11 is 0. The highest BCUT2D eigenvalue weighted by atomic mass is 16.1. The van der Waals surface area contributed by atoms with Gasteiger partial charge in [0.2, 0.25) is 0 Å². The van der Waals surface area contributed by atoms with E-state index in [-0.39, 0.29) is 5.91 Å². The number of primary amides is 1. The molecular weight excluding hydrogens is 396 g/mol. The van der Waals surface area contributed by atoms with Crippen molar-refractivity contribution in [1.29, 1.82) is 0 Å². The van der Waals surface area contributed by atoms with Crippen LogP contribution in [0, 0.1) is 0 Å². The van der Waals surface area contributed by atoms with Crippen LogP contribution in [0.25, 0.3) is 0 Å². The van der Waals surface area contributed by atoms with Crippen LogP contribution in [0.4, 0.5) is 11.4 Å². The maximum absolute atomic E-state index is 12.2. The molecule has 4 rings (SSSR count). The summed E-state index contributed by atoms with van der Waals surface area (Å²) < 4.78 is 0.641. The number of likely N-dealkylation sites (N-methyl/N-ethyl adjacent to an activating group) is 1. The first-order valence-electron chi connectivity index (χ1n) is 11.4. The predicted octanol–water partition coefficient (Wildman–Crippen LogP) is 3.75. The van der Waals surface area contributed by atoms with Gasteiger partial charge in [-0.15, -0.1) is 0 Å². The average Bonchev–Trinajstić information content (AvgIpc) is 2.84. The molecule has 0 saturated carbocycles. The average molecular weight is 430 g/mol. The highest BCUT2D eigenvalue weighted by Gasteiger charge is 2.31. The number of benzene rings is 3. The molecule has 1 heterocycles. The molecule has 0 spiro atoms. The van der Waals surface area contributed by atoms with Gasteiger partial charge in [-0.05, 0) is 24.3 Å². The predicted molar refractivity (Wildman–Crippen MR) is 133 cm³/mol. The maximum atomic E-state index is 12.2. The number of hydrogen-bond donors (Lipinski definition) is 1. The molecule has 0 aliphatic carbocycles. The van der Waals surface area contributed by atoms with Crippen LogP contribution in [-0.2, 0) is 6.54 Å². The number of rotatable bonds is 8. The van der Waals surface area contributed by atoms with Gasteiger partial charge < -0.3 is 10.6 Å². The van der Waals surface area contributed by atoms with Gasteiger partial charge in [-0.1, -0.05) is 60.7 Å². The quantitative estimate of drug-likeness (QED) is 0.555. The molecule has 166 valence electrons. The lowest BCUT2D eigenvalue weighted by atomic mass is 10.1. The second kappa shape index (κ2) is 9.98. The zero-order valence-electron chi connectivity index (χ0n) is 18.9. The van der Waals surface area contributed by atoms with Gasteiger partial charge in [0, 0.05) is 44.0 Å². The van der Waals surface area contributed by atoms with E-state index in [9.17, 15) is 4.79 Å². The van der Waals surface area contributed by atoms with Crippen LogP contribution in [0.1, 0.15) is 15.9 Å². The number of amides is 1. The molecule has 5 nitrogen and oxygen atoms in total. The van der Waals surface area contributed by atoms with Crippen molar-refractivity contribution in [2.24, 2.45) is 5.73 Å². The highest BCUT2D eigenvalue weighted by molar-refractivity contribution is 5.98. The largest absolute Gasteiger partial charge is 0.369 e. The summed E-state index contributed by atoms with van der Waals surface area (Å²) in [5.74, 6) is -0.366. The molecule has 2 N–H and O–H groups in total. The molecule has 1 saturated heterocycles. The van der Waals surface area contributed by atoms with Gasteiger partial charge in [0.25, 0.3) is 5.91 Å². The fraction of sp³-hybridized carbons (Fsp3) is 0.296. The first-order chi connectivity index (χ1) is 15.5. The number of anilines is 1. The standard InChI is InChI=1S/C27H32N4O/c1-31(22-23-10-4-2-5-11-23,26-15-9-8-14-25(26)27(28)32)21-20-29-16-18-30(19-17-29)24-12-6-3-7-13-24/h2-15H,16-22H2,1H3,(H-,28,32)/p+1. The Morgan fingerprint density at radius 1 is 0.844 bits per heavy atom. The fourth-order valence-electron chi connectivity index (χ4n) is 4.65. The lowest BCUT2D eigenvalue weighted by molar-refractivity contribution is 0.0997. The van der Waals surface area contributed by atoms with E-state index in [1.165, 1.54) is 11.3 Å². The van der Waals surface area contributed by atoms with Crippen molar-refractivity contribution in [1.82, 2.24) is 9.38 Å². The van der Waals surface area contributed by atoms with E-state index in [0.717, 1.165) is 51.5 Å². The zero-order chi connectivity index (χ0) is 22.4. The number of para-hydroxylation sites is 2. The summed E-state index contributed by atoms with van der Waals surface area (Å²) in [6.07, 6.45) is 0. The van der Waals surface area contributed by atoms with Crippen molar-refractivity contribution in [2.75, 3.05) is 51.2 Å². The number of piperazine rings is 1. The van der Waals surface area contributed by atoms with Gasteiger partial charge in [0.1, 0.15) is 12.2 Å². The fourth-order valence-corrected chi connectivity index (χ4v) is 4.65. The molecule has 1 aliphatic rings. The third-order valence-corrected chi connectivity index (χ3v) is 6.53. The minimum atomic E-state index is -0.366. The van der Waals surface area contributed by atoms with E-state index in [1.807, 2.05) is 24.3 Å². The Kier molecular flexibility index (Phi) is 6.88. The van der Waals surface area contributed by atoms with E-state index in [2.05, 4.69) is 77.5 Å².